The topological polar surface area (TPSA) is 68.5 Å². The number of benzene rings is 1. The Morgan fingerprint density at radius 1 is 1.29 bits per heavy atom. The third-order valence-electron chi connectivity index (χ3n) is 4.34. The van der Waals surface area contributed by atoms with Gasteiger partial charge in [0.2, 0.25) is 11.7 Å². The second-order valence-electron chi connectivity index (χ2n) is 6.37. The maximum atomic E-state index is 12.6. The highest BCUT2D eigenvalue weighted by Crippen LogP contribution is 2.20. The van der Waals surface area contributed by atoms with E-state index in [0.717, 1.165) is 25.9 Å². The van der Waals surface area contributed by atoms with Gasteiger partial charge in [0.15, 0.2) is 6.61 Å². The van der Waals surface area contributed by atoms with Crippen LogP contribution in [0.15, 0.2) is 28.8 Å². The van der Waals surface area contributed by atoms with E-state index in [9.17, 15) is 4.79 Å². The van der Waals surface area contributed by atoms with Crippen LogP contribution >= 0.6 is 0 Å². The van der Waals surface area contributed by atoms with Crippen molar-refractivity contribution in [1.29, 1.82) is 0 Å². The van der Waals surface area contributed by atoms with Gasteiger partial charge in [0.1, 0.15) is 5.75 Å². The van der Waals surface area contributed by atoms with Crippen LogP contribution in [0.5, 0.6) is 5.75 Å². The number of aryl methyl sites for hydroxylation is 1. The largest absolute Gasteiger partial charge is 0.485 e. The van der Waals surface area contributed by atoms with E-state index in [1.54, 1.807) is 19.1 Å². The molecule has 1 aromatic heterocycles. The molecule has 1 amide bonds. The van der Waals surface area contributed by atoms with Gasteiger partial charge in [-0.2, -0.15) is 4.98 Å². The molecule has 0 bridgehead atoms. The van der Waals surface area contributed by atoms with Gasteiger partial charge in [-0.1, -0.05) is 12.1 Å². The Labute approximate surface area is 141 Å². The molecule has 6 heteroatoms. The maximum absolute atomic E-state index is 12.6. The van der Waals surface area contributed by atoms with Gasteiger partial charge in [-0.05, 0) is 49.4 Å². The summed E-state index contributed by atoms with van der Waals surface area (Å²) in [5, 5.41) is 3.78. The van der Waals surface area contributed by atoms with Crippen molar-refractivity contribution < 1.29 is 14.1 Å². The number of likely N-dealkylation sites (tertiary alicyclic amines) is 1. The summed E-state index contributed by atoms with van der Waals surface area (Å²) in [4.78, 5) is 18.6. The Hall–Kier alpha value is -2.37. The number of hydrogen-bond donors (Lipinski definition) is 0. The first-order chi connectivity index (χ1) is 11.6. The highest BCUT2D eigenvalue weighted by atomic mass is 16.5. The Bertz CT molecular complexity index is 681. The van der Waals surface area contributed by atoms with Crippen LogP contribution in [0.2, 0.25) is 0 Å². The van der Waals surface area contributed by atoms with Gasteiger partial charge in [-0.3, -0.25) is 4.79 Å². The smallest absolute Gasteiger partial charge is 0.253 e. The van der Waals surface area contributed by atoms with Gasteiger partial charge >= 0.3 is 0 Å². The van der Waals surface area contributed by atoms with Crippen molar-refractivity contribution in [3.05, 3.63) is 41.5 Å². The Morgan fingerprint density at radius 3 is 2.79 bits per heavy atom. The van der Waals surface area contributed by atoms with E-state index in [1.807, 2.05) is 17.0 Å². The molecule has 2 aromatic rings. The molecule has 0 saturated carbocycles. The summed E-state index contributed by atoms with van der Waals surface area (Å²) < 4.78 is 10.5. The van der Waals surface area contributed by atoms with Gasteiger partial charge in [0.05, 0.1) is 0 Å². The number of amides is 1. The zero-order valence-electron chi connectivity index (χ0n) is 14.2. The monoisotopic (exact) mass is 329 g/mol. The fourth-order valence-electron chi connectivity index (χ4n) is 2.89. The van der Waals surface area contributed by atoms with Crippen molar-refractivity contribution in [2.24, 2.45) is 5.92 Å². The number of hydrogen-bond acceptors (Lipinski definition) is 5. The first-order valence-electron chi connectivity index (χ1n) is 8.43. The highest BCUT2D eigenvalue weighted by molar-refractivity contribution is 5.94. The van der Waals surface area contributed by atoms with Gasteiger partial charge in [-0.25, -0.2) is 0 Å². The quantitative estimate of drug-likeness (QED) is 0.861. The Kier molecular flexibility index (Phi) is 5.13. The lowest BCUT2D eigenvalue weighted by molar-refractivity contribution is 0.0760. The molecule has 1 aromatic carbocycles. The first-order valence-corrected chi connectivity index (χ1v) is 8.43. The van der Waals surface area contributed by atoms with E-state index in [1.165, 1.54) is 6.42 Å². The predicted octanol–water partition coefficient (Wildman–Crippen LogP) is 3.22. The second kappa shape index (κ2) is 7.47. The average Bonchev–Trinajstić information content (AvgIpc) is 2.88. The molecule has 0 unspecified atom stereocenters. The van der Waals surface area contributed by atoms with Crippen molar-refractivity contribution >= 4 is 5.91 Å². The van der Waals surface area contributed by atoms with Gasteiger partial charge in [0.25, 0.3) is 5.91 Å². The minimum atomic E-state index is 0.101. The Balaban J connectivity index is 1.58. The maximum Gasteiger partial charge on any atom is 0.253 e. The third-order valence-corrected chi connectivity index (χ3v) is 4.34. The predicted molar refractivity (Wildman–Crippen MR) is 88.7 cm³/mol. The SMILES string of the molecule is Cc1nc(COc2ccc(C(=O)N3CCC[C@@H](C)CC3)cc2)no1. The number of aromatic nitrogens is 2. The summed E-state index contributed by atoms with van der Waals surface area (Å²) in [6.45, 7) is 5.93. The van der Waals surface area contributed by atoms with E-state index in [4.69, 9.17) is 9.26 Å². The molecule has 128 valence electrons. The second-order valence-corrected chi connectivity index (χ2v) is 6.37. The van der Waals surface area contributed by atoms with Crippen molar-refractivity contribution in [2.75, 3.05) is 13.1 Å². The highest BCUT2D eigenvalue weighted by Gasteiger charge is 2.19. The van der Waals surface area contributed by atoms with E-state index >= 15 is 0 Å². The van der Waals surface area contributed by atoms with Crippen LogP contribution < -0.4 is 4.74 Å². The number of ether oxygens (including phenoxy) is 1. The van der Waals surface area contributed by atoms with Crippen LogP contribution in [-0.2, 0) is 6.61 Å². The average molecular weight is 329 g/mol. The lowest BCUT2D eigenvalue weighted by atomic mass is 10.0. The number of carbonyl (C=O) groups excluding carboxylic acids is 1. The third kappa shape index (κ3) is 4.13. The number of nitrogens with zero attached hydrogens (tertiary/aromatic N) is 3. The summed E-state index contributed by atoms with van der Waals surface area (Å²) in [6.07, 6.45) is 3.36. The fourth-order valence-corrected chi connectivity index (χ4v) is 2.89. The molecule has 0 spiro atoms. The van der Waals surface area contributed by atoms with Crippen molar-refractivity contribution in [2.45, 2.75) is 39.7 Å². The zero-order chi connectivity index (χ0) is 16.9. The minimum Gasteiger partial charge on any atom is -0.485 e. The number of rotatable bonds is 4. The lowest BCUT2D eigenvalue weighted by Crippen LogP contribution is -2.31. The molecule has 1 aliphatic rings. The van der Waals surface area contributed by atoms with E-state index in [0.29, 0.717) is 28.9 Å². The molecule has 3 rings (SSSR count). The summed E-state index contributed by atoms with van der Waals surface area (Å²) in [7, 11) is 0. The van der Waals surface area contributed by atoms with Crippen LogP contribution in [0, 0.1) is 12.8 Å². The van der Waals surface area contributed by atoms with Crippen LogP contribution in [0.4, 0.5) is 0 Å². The molecule has 1 aliphatic heterocycles. The lowest BCUT2D eigenvalue weighted by Gasteiger charge is -2.20. The minimum absolute atomic E-state index is 0.101. The summed E-state index contributed by atoms with van der Waals surface area (Å²) in [6, 6.07) is 7.24. The van der Waals surface area contributed by atoms with E-state index in [-0.39, 0.29) is 12.5 Å². The molecular weight excluding hydrogens is 306 g/mol. The molecule has 1 atom stereocenters. The van der Waals surface area contributed by atoms with E-state index < -0.39 is 0 Å². The fraction of sp³-hybridized carbons (Fsp3) is 0.500. The number of carbonyl (C=O) groups is 1. The summed E-state index contributed by atoms with van der Waals surface area (Å²) >= 11 is 0. The molecule has 6 nitrogen and oxygen atoms in total. The van der Waals surface area contributed by atoms with Gasteiger partial charge in [0, 0.05) is 25.6 Å². The summed E-state index contributed by atoms with van der Waals surface area (Å²) in [5.74, 6) is 2.50. The molecular formula is C18H23N3O3. The molecule has 1 fully saturated rings. The van der Waals surface area contributed by atoms with E-state index in [2.05, 4.69) is 17.1 Å². The molecule has 24 heavy (non-hydrogen) atoms. The first kappa shape index (κ1) is 16.5. The zero-order valence-corrected chi connectivity index (χ0v) is 14.2. The van der Waals surface area contributed by atoms with Crippen molar-refractivity contribution in [1.82, 2.24) is 15.0 Å². The molecule has 1 saturated heterocycles. The normalized spacial score (nSPS) is 18.2. The van der Waals surface area contributed by atoms with Crippen molar-refractivity contribution in [3.63, 3.8) is 0 Å². The van der Waals surface area contributed by atoms with Crippen LogP contribution in [-0.4, -0.2) is 34.0 Å². The van der Waals surface area contributed by atoms with Crippen molar-refractivity contribution in [3.8, 4) is 5.75 Å². The molecule has 0 N–H and O–H groups in total. The molecule has 2 heterocycles. The molecule has 0 aliphatic carbocycles. The standard InChI is InChI=1S/C18H23N3O3/c1-13-4-3-10-21(11-9-13)18(22)15-5-7-16(8-6-15)23-12-17-19-14(2)24-20-17/h5-8,13H,3-4,9-12H2,1-2H3/t13-/m1/s1. The Morgan fingerprint density at radius 2 is 2.08 bits per heavy atom. The van der Waals surface area contributed by atoms with Crippen LogP contribution in [0.3, 0.4) is 0 Å². The van der Waals surface area contributed by atoms with Gasteiger partial charge in [-0.15, -0.1) is 0 Å². The van der Waals surface area contributed by atoms with Gasteiger partial charge < -0.3 is 14.2 Å². The summed E-state index contributed by atoms with van der Waals surface area (Å²) in [5.41, 5.74) is 0.701. The van der Waals surface area contributed by atoms with Crippen LogP contribution in [0.25, 0.3) is 0 Å². The molecule has 0 radical (unpaired) electrons. The van der Waals surface area contributed by atoms with Crippen LogP contribution in [0.1, 0.15) is 48.3 Å².